The van der Waals surface area contributed by atoms with Crippen LogP contribution in [0.25, 0.3) is 0 Å². The summed E-state index contributed by atoms with van der Waals surface area (Å²) in [7, 11) is -2.24. The molecular weight excluding hydrogens is 729 g/mol. The maximum atomic E-state index is 13.5. The smallest absolute Gasteiger partial charge is 0.328 e. The second-order valence-electron chi connectivity index (χ2n) is 13.1. The van der Waals surface area contributed by atoms with E-state index in [0.29, 0.717) is 18.0 Å². The number of nitrogens with zero attached hydrogens (tertiary/aromatic N) is 2. The van der Waals surface area contributed by atoms with E-state index in [1.54, 1.807) is 44.6 Å². The van der Waals surface area contributed by atoms with Crippen molar-refractivity contribution in [3.8, 4) is 11.5 Å². The van der Waals surface area contributed by atoms with Gasteiger partial charge in [0, 0.05) is 24.8 Å². The fourth-order valence-electron chi connectivity index (χ4n) is 7.14. The van der Waals surface area contributed by atoms with Crippen LogP contribution in [-0.2, 0) is 35.8 Å². The molecule has 2 aliphatic rings. The van der Waals surface area contributed by atoms with E-state index < -0.39 is 47.4 Å². The molecule has 14 heteroatoms. The van der Waals surface area contributed by atoms with Crippen LogP contribution in [0.3, 0.4) is 0 Å². The number of hydrogen-bond acceptors (Lipinski definition) is 10. The zero-order valence-electron chi connectivity index (χ0n) is 29.9. The van der Waals surface area contributed by atoms with Crippen molar-refractivity contribution in [3.63, 3.8) is 0 Å². The third-order valence-electron chi connectivity index (χ3n) is 9.85. The van der Waals surface area contributed by atoms with E-state index in [1.165, 1.54) is 12.3 Å². The van der Waals surface area contributed by atoms with Gasteiger partial charge in [0.05, 0.1) is 44.1 Å². The molecule has 282 valence electrons. The molecule has 0 amide bonds. The zero-order chi connectivity index (χ0) is 37.7. The Morgan fingerprint density at radius 1 is 0.833 bits per heavy atom. The van der Waals surface area contributed by atoms with Crippen molar-refractivity contribution in [1.29, 1.82) is 0 Å². The van der Waals surface area contributed by atoms with Gasteiger partial charge >= 0.3 is 5.69 Å². The maximum absolute atomic E-state index is 13.5. The van der Waals surface area contributed by atoms with Crippen molar-refractivity contribution < 1.29 is 31.7 Å². The molecule has 0 aliphatic carbocycles. The van der Waals surface area contributed by atoms with E-state index in [-0.39, 0.29) is 29.8 Å². The lowest BCUT2D eigenvalue weighted by molar-refractivity contribution is -0.0365. The minimum Gasteiger partial charge on any atom is -0.497 e. The summed E-state index contributed by atoms with van der Waals surface area (Å²) in [4.78, 5) is 28.9. The summed E-state index contributed by atoms with van der Waals surface area (Å²) in [6.07, 6.45) is 1.39. The Labute approximate surface area is 315 Å². The highest BCUT2D eigenvalue weighted by Crippen LogP contribution is 2.57. The van der Waals surface area contributed by atoms with Crippen LogP contribution in [-0.4, -0.2) is 74.0 Å². The number of sulfone groups is 1. The van der Waals surface area contributed by atoms with Crippen molar-refractivity contribution in [2.75, 3.05) is 33.1 Å². The Morgan fingerprint density at radius 2 is 1.43 bits per heavy atom. The average molecular weight is 772 g/mol. The zero-order valence-corrected chi connectivity index (χ0v) is 31.7. The predicted molar refractivity (Wildman–Crippen MR) is 204 cm³/mol. The maximum Gasteiger partial charge on any atom is 0.328 e. The number of H-pyrrole nitrogens is 1. The van der Waals surface area contributed by atoms with E-state index in [9.17, 15) is 18.0 Å². The number of rotatable bonds is 15. The highest BCUT2D eigenvalue weighted by atomic mass is 32.2. The molecule has 0 spiro atoms. The molecular formula is C40H42N3O9PS. The minimum absolute atomic E-state index is 0.0958. The van der Waals surface area contributed by atoms with E-state index >= 15 is 0 Å². The van der Waals surface area contributed by atoms with Crippen LogP contribution in [0.2, 0.25) is 0 Å². The molecule has 2 aliphatic heterocycles. The quantitative estimate of drug-likeness (QED) is 0.107. The molecule has 4 aromatic carbocycles. The Bertz CT molecular complexity index is 2160. The normalized spacial score (nSPS) is 19.3. The third-order valence-corrected chi connectivity index (χ3v) is 13.5. The third kappa shape index (κ3) is 7.79. The number of benzene rings is 4. The summed E-state index contributed by atoms with van der Waals surface area (Å²) in [6.45, 7) is 0.406. The molecule has 0 unspecified atom stereocenters. The summed E-state index contributed by atoms with van der Waals surface area (Å²) in [6, 6.07) is 34.4. The van der Waals surface area contributed by atoms with Gasteiger partial charge in [-0.25, -0.2) is 17.9 Å². The topological polar surface area (TPSA) is 138 Å². The van der Waals surface area contributed by atoms with E-state index in [1.807, 2.05) is 78.9 Å². The molecule has 1 aromatic heterocycles. The van der Waals surface area contributed by atoms with Crippen molar-refractivity contribution >= 4 is 18.4 Å². The van der Waals surface area contributed by atoms with Gasteiger partial charge in [0.25, 0.3) is 14.1 Å². The van der Waals surface area contributed by atoms with Gasteiger partial charge in [-0.1, -0.05) is 72.8 Å². The summed E-state index contributed by atoms with van der Waals surface area (Å²) in [5, 5.41) is 0. The van der Waals surface area contributed by atoms with Gasteiger partial charge in [-0.15, -0.1) is 0 Å². The molecule has 4 atom stereocenters. The first-order valence-corrected chi connectivity index (χ1v) is 20.5. The molecule has 54 heavy (non-hydrogen) atoms. The molecule has 0 radical (unpaired) electrons. The minimum atomic E-state index is -3.66. The SMILES string of the molecule is COc1ccc(C(OC[C@@H](Cn2c(=O)cc[nH]c2=O)O[P@]2O[C@H](CS(=O)(=O)c3ccccc3)[C@@H]3CCCN32)(c2ccccc2)c2ccc(OC)cc2)cc1. The van der Waals surface area contributed by atoms with Crippen LogP contribution >= 0.6 is 8.53 Å². The fourth-order valence-corrected chi connectivity index (χ4v) is 10.7. The number of nitrogens with one attached hydrogen (secondary N) is 1. The number of aromatic amines is 1. The summed E-state index contributed by atoms with van der Waals surface area (Å²) in [5.41, 5.74) is 0.104. The first-order valence-electron chi connectivity index (χ1n) is 17.7. The molecule has 7 rings (SSSR count). The molecule has 12 nitrogen and oxygen atoms in total. The summed E-state index contributed by atoms with van der Waals surface area (Å²) >= 11 is 0. The van der Waals surface area contributed by atoms with E-state index in [4.69, 9.17) is 23.3 Å². The van der Waals surface area contributed by atoms with Crippen molar-refractivity contribution in [2.24, 2.45) is 0 Å². The standard InChI is InChI=1S/C40H42N3O9PS/c1-48-32-19-15-30(16-20-32)40(29-10-5-3-6-11-29,31-17-21-33(49-2)22-18-31)50-27-34(26-42-38(44)23-24-41-39(42)45)51-53-43-25-9-14-36(43)37(52-53)28-54(46,47)35-12-7-4-8-13-35/h3-8,10-13,15-24,34,36-37H,9,14,25-28H2,1-2H3,(H,41,45)/t34-,36+,37-,53-/m1/s1. The largest absolute Gasteiger partial charge is 0.497 e. The fraction of sp³-hybridized carbons (Fsp3) is 0.300. The number of fused-ring (bicyclic) bond motifs is 1. The number of methoxy groups -OCH3 is 2. The van der Waals surface area contributed by atoms with E-state index in [0.717, 1.165) is 34.1 Å². The lowest BCUT2D eigenvalue weighted by Gasteiger charge is -2.37. The monoisotopic (exact) mass is 771 g/mol. The van der Waals surface area contributed by atoms with Gasteiger partial charge in [0.1, 0.15) is 23.2 Å². The molecule has 2 saturated heterocycles. The van der Waals surface area contributed by atoms with Gasteiger partial charge < -0.3 is 28.2 Å². The first kappa shape index (κ1) is 37.7. The van der Waals surface area contributed by atoms with Crippen LogP contribution in [0.1, 0.15) is 29.5 Å². The highest BCUT2D eigenvalue weighted by Gasteiger charge is 2.49. The number of hydrogen-bond donors (Lipinski definition) is 1. The Morgan fingerprint density at radius 3 is 2.02 bits per heavy atom. The van der Waals surface area contributed by atoms with Gasteiger partial charge in [-0.2, -0.15) is 0 Å². The Hall–Kier alpha value is -4.62. The molecule has 0 bridgehead atoms. The van der Waals surface area contributed by atoms with Crippen LogP contribution in [0.4, 0.5) is 0 Å². The lowest BCUT2D eigenvalue weighted by Crippen LogP contribution is -2.42. The summed E-state index contributed by atoms with van der Waals surface area (Å²) < 4.78 is 61.5. The van der Waals surface area contributed by atoms with E-state index in [2.05, 4.69) is 9.65 Å². The van der Waals surface area contributed by atoms with Gasteiger partial charge in [0.15, 0.2) is 9.84 Å². The van der Waals surface area contributed by atoms with Crippen LogP contribution < -0.4 is 20.7 Å². The van der Waals surface area contributed by atoms with Gasteiger partial charge in [-0.3, -0.25) is 9.36 Å². The number of ether oxygens (including phenoxy) is 3. The lowest BCUT2D eigenvalue weighted by atomic mass is 9.80. The van der Waals surface area contributed by atoms with Crippen molar-refractivity contribution in [1.82, 2.24) is 14.2 Å². The second kappa shape index (κ2) is 16.4. The highest BCUT2D eigenvalue weighted by molar-refractivity contribution is 7.91. The van der Waals surface area contributed by atoms with Gasteiger partial charge in [0.2, 0.25) is 0 Å². The Kier molecular flexibility index (Phi) is 11.4. The van der Waals surface area contributed by atoms with Crippen LogP contribution in [0.15, 0.2) is 136 Å². The summed E-state index contributed by atoms with van der Waals surface area (Å²) in [5.74, 6) is 1.14. The van der Waals surface area contributed by atoms with Gasteiger partial charge in [-0.05, 0) is 65.9 Å². The molecule has 3 heterocycles. The molecule has 0 saturated carbocycles. The van der Waals surface area contributed by atoms with Crippen LogP contribution in [0.5, 0.6) is 11.5 Å². The number of aromatic nitrogens is 2. The second-order valence-corrected chi connectivity index (χ2v) is 16.6. The average Bonchev–Trinajstić information content (AvgIpc) is 3.81. The Balaban J connectivity index is 1.26. The molecule has 5 aromatic rings. The van der Waals surface area contributed by atoms with Crippen molar-refractivity contribution in [3.05, 3.63) is 159 Å². The molecule has 1 N–H and O–H groups in total. The first-order chi connectivity index (χ1) is 26.2. The van der Waals surface area contributed by atoms with Crippen LogP contribution in [0, 0.1) is 0 Å². The van der Waals surface area contributed by atoms with Crippen molar-refractivity contribution in [2.45, 2.75) is 48.1 Å². The predicted octanol–water partition coefficient (Wildman–Crippen LogP) is 5.51. The molecule has 2 fully saturated rings.